The minimum absolute atomic E-state index is 0.00757. The Morgan fingerprint density at radius 1 is 1.25 bits per heavy atom. The Labute approximate surface area is 96.6 Å². The number of rotatable bonds is 5. The van der Waals surface area contributed by atoms with Gasteiger partial charge in [-0.3, -0.25) is 9.59 Å². The summed E-state index contributed by atoms with van der Waals surface area (Å²) in [5.41, 5.74) is 0. The quantitative estimate of drug-likeness (QED) is 0.780. The fraction of sp³-hybridized carbons (Fsp3) is 0.833. The molecule has 0 atom stereocenters. The summed E-state index contributed by atoms with van der Waals surface area (Å²) in [6.07, 6.45) is 6.19. The van der Waals surface area contributed by atoms with Crippen molar-refractivity contribution in [2.45, 2.75) is 45.4 Å². The van der Waals surface area contributed by atoms with E-state index < -0.39 is 5.97 Å². The van der Waals surface area contributed by atoms with Gasteiger partial charge in [0.05, 0.1) is 6.42 Å². The van der Waals surface area contributed by atoms with Crippen molar-refractivity contribution in [1.29, 1.82) is 0 Å². The molecule has 92 valence electrons. The van der Waals surface area contributed by atoms with Crippen LogP contribution in [0.1, 0.15) is 45.4 Å². The van der Waals surface area contributed by atoms with E-state index in [1.807, 2.05) is 0 Å². The highest BCUT2D eigenvalue weighted by molar-refractivity contribution is 5.74. The van der Waals surface area contributed by atoms with Crippen molar-refractivity contribution >= 4 is 11.9 Å². The molecule has 0 unspecified atom stereocenters. The summed E-state index contributed by atoms with van der Waals surface area (Å²) in [5, 5.41) is 8.61. The molecule has 0 aromatic carbocycles. The van der Waals surface area contributed by atoms with E-state index in [-0.39, 0.29) is 12.3 Å². The summed E-state index contributed by atoms with van der Waals surface area (Å²) < 4.78 is 0. The third-order valence-corrected chi connectivity index (χ3v) is 3.24. The van der Waals surface area contributed by atoms with Crippen LogP contribution in [0.25, 0.3) is 0 Å². The van der Waals surface area contributed by atoms with Gasteiger partial charge in [0, 0.05) is 20.0 Å². The van der Waals surface area contributed by atoms with Gasteiger partial charge in [-0.2, -0.15) is 0 Å². The molecule has 0 aromatic rings. The number of carbonyl (C=O) groups is 2. The Balaban J connectivity index is 2.37. The zero-order valence-electron chi connectivity index (χ0n) is 9.95. The Kier molecular flexibility index (Phi) is 5.29. The topological polar surface area (TPSA) is 57.6 Å². The fourth-order valence-corrected chi connectivity index (χ4v) is 2.29. The minimum atomic E-state index is -0.838. The first-order valence-electron chi connectivity index (χ1n) is 6.07. The van der Waals surface area contributed by atoms with Crippen molar-refractivity contribution in [3.63, 3.8) is 0 Å². The van der Waals surface area contributed by atoms with Crippen LogP contribution in [-0.4, -0.2) is 35.0 Å². The third-order valence-electron chi connectivity index (χ3n) is 3.24. The molecule has 1 saturated carbocycles. The predicted octanol–water partition coefficient (Wildman–Crippen LogP) is 1.89. The number of carbonyl (C=O) groups excluding carboxylic acids is 1. The van der Waals surface area contributed by atoms with Gasteiger partial charge < -0.3 is 10.0 Å². The highest BCUT2D eigenvalue weighted by atomic mass is 16.4. The van der Waals surface area contributed by atoms with Gasteiger partial charge in [0.1, 0.15) is 0 Å². The summed E-state index contributed by atoms with van der Waals surface area (Å²) >= 11 is 0. The second-order valence-corrected chi connectivity index (χ2v) is 4.61. The van der Waals surface area contributed by atoms with E-state index in [0.717, 1.165) is 6.54 Å². The average Bonchev–Trinajstić information content (AvgIpc) is 2.25. The van der Waals surface area contributed by atoms with Gasteiger partial charge in [-0.15, -0.1) is 0 Å². The number of carboxylic acids is 1. The number of aliphatic carboxylic acids is 1. The summed E-state index contributed by atoms with van der Waals surface area (Å²) in [4.78, 5) is 23.5. The Hall–Kier alpha value is -1.06. The van der Waals surface area contributed by atoms with Gasteiger partial charge in [0.25, 0.3) is 0 Å². The van der Waals surface area contributed by atoms with Crippen LogP contribution in [0.3, 0.4) is 0 Å². The van der Waals surface area contributed by atoms with Crippen molar-refractivity contribution in [3.05, 3.63) is 0 Å². The van der Waals surface area contributed by atoms with Crippen molar-refractivity contribution in [3.8, 4) is 0 Å². The maximum absolute atomic E-state index is 11.4. The first-order chi connectivity index (χ1) is 7.59. The van der Waals surface area contributed by atoms with Crippen LogP contribution < -0.4 is 0 Å². The smallest absolute Gasteiger partial charge is 0.305 e. The van der Waals surface area contributed by atoms with Gasteiger partial charge in [-0.1, -0.05) is 19.3 Å². The van der Waals surface area contributed by atoms with Gasteiger partial charge in [0.15, 0.2) is 0 Å². The second kappa shape index (κ2) is 6.51. The Morgan fingerprint density at radius 2 is 1.88 bits per heavy atom. The van der Waals surface area contributed by atoms with Crippen LogP contribution >= 0.6 is 0 Å². The second-order valence-electron chi connectivity index (χ2n) is 4.61. The number of nitrogens with zero attached hydrogens (tertiary/aromatic N) is 1. The highest BCUT2D eigenvalue weighted by Crippen LogP contribution is 2.24. The molecule has 1 aliphatic carbocycles. The van der Waals surface area contributed by atoms with Crippen LogP contribution in [0.4, 0.5) is 0 Å². The highest BCUT2D eigenvalue weighted by Gasteiger charge is 2.19. The van der Waals surface area contributed by atoms with E-state index in [1.54, 1.807) is 4.90 Å². The van der Waals surface area contributed by atoms with Crippen LogP contribution in [0.15, 0.2) is 0 Å². The molecule has 0 bridgehead atoms. The van der Waals surface area contributed by atoms with Crippen LogP contribution in [-0.2, 0) is 9.59 Å². The molecule has 4 nitrogen and oxygen atoms in total. The molecular weight excluding hydrogens is 206 g/mol. The molecule has 1 aliphatic rings. The summed E-state index contributed by atoms with van der Waals surface area (Å²) in [7, 11) is 0. The molecule has 0 aromatic heterocycles. The summed E-state index contributed by atoms with van der Waals surface area (Å²) in [5.74, 6) is -0.270. The lowest BCUT2D eigenvalue weighted by Crippen LogP contribution is -2.36. The monoisotopic (exact) mass is 227 g/mol. The molecule has 1 amide bonds. The van der Waals surface area contributed by atoms with E-state index in [4.69, 9.17) is 5.11 Å². The molecule has 16 heavy (non-hydrogen) atoms. The normalized spacial score (nSPS) is 17.1. The Bertz CT molecular complexity index is 247. The van der Waals surface area contributed by atoms with Crippen molar-refractivity contribution in [2.24, 2.45) is 5.92 Å². The lowest BCUT2D eigenvalue weighted by Gasteiger charge is -2.28. The SMILES string of the molecule is CC(=O)N(CCC(=O)O)CC1CCCCC1. The van der Waals surface area contributed by atoms with Crippen LogP contribution in [0.5, 0.6) is 0 Å². The van der Waals surface area contributed by atoms with E-state index in [2.05, 4.69) is 0 Å². The first-order valence-corrected chi connectivity index (χ1v) is 6.07. The number of amides is 1. The third kappa shape index (κ3) is 4.64. The molecule has 0 saturated heterocycles. The average molecular weight is 227 g/mol. The zero-order chi connectivity index (χ0) is 12.0. The fourth-order valence-electron chi connectivity index (χ4n) is 2.29. The van der Waals surface area contributed by atoms with Crippen molar-refractivity contribution < 1.29 is 14.7 Å². The predicted molar refractivity (Wildman–Crippen MR) is 61.1 cm³/mol. The minimum Gasteiger partial charge on any atom is -0.481 e. The molecule has 4 heteroatoms. The molecule has 0 radical (unpaired) electrons. The molecule has 1 rings (SSSR count). The van der Waals surface area contributed by atoms with Crippen molar-refractivity contribution in [2.75, 3.05) is 13.1 Å². The summed E-state index contributed by atoms with van der Waals surface area (Å²) in [6, 6.07) is 0. The van der Waals surface area contributed by atoms with E-state index in [0.29, 0.717) is 12.5 Å². The standard InChI is InChI=1S/C12H21NO3/c1-10(14)13(8-7-12(15)16)9-11-5-3-2-4-6-11/h11H,2-9H2,1H3,(H,15,16). The molecule has 1 N–H and O–H groups in total. The molecular formula is C12H21NO3. The number of hydrogen-bond donors (Lipinski definition) is 1. The lowest BCUT2D eigenvalue weighted by atomic mass is 9.89. The van der Waals surface area contributed by atoms with Crippen LogP contribution in [0, 0.1) is 5.92 Å². The summed E-state index contributed by atoms with van der Waals surface area (Å²) in [6.45, 7) is 2.61. The zero-order valence-corrected chi connectivity index (χ0v) is 9.95. The molecule has 0 aliphatic heterocycles. The van der Waals surface area contributed by atoms with Gasteiger partial charge >= 0.3 is 5.97 Å². The molecule has 0 spiro atoms. The van der Waals surface area contributed by atoms with E-state index in [1.165, 1.54) is 39.0 Å². The van der Waals surface area contributed by atoms with Gasteiger partial charge in [-0.25, -0.2) is 0 Å². The largest absolute Gasteiger partial charge is 0.481 e. The number of carboxylic acid groups (broad SMARTS) is 1. The Morgan fingerprint density at radius 3 is 2.38 bits per heavy atom. The molecule has 1 fully saturated rings. The maximum Gasteiger partial charge on any atom is 0.305 e. The molecule has 0 heterocycles. The lowest BCUT2D eigenvalue weighted by molar-refractivity contribution is -0.138. The van der Waals surface area contributed by atoms with E-state index >= 15 is 0 Å². The number of hydrogen-bond acceptors (Lipinski definition) is 2. The first kappa shape index (κ1) is 13.0. The van der Waals surface area contributed by atoms with Crippen molar-refractivity contribution in [1.82, 2.24) is 4.90 Å². The maximum atomic E-state index is 11.4. The van der Waals surface area contributed by atoms with Gasteiger partial charge in [0.2, 0.25) is 5.91 Å². The van der Waals surface area contributed by atoms with E-state index in [9.17, 15) is 9.59 Å². The van der Waals surface area contributed by atoms with Crippen LogP contribution in [0.2, 0.25) is 0 Å². The van der Waals surface area contributed by atoms with Gasteiger partial charge in [-0.05, 0) is 18.8 Å².